The fraction of sp³-hybridized carbons (Fsp3) is 0.917. The van der Waals surface area contributed by atoms with Crippen molar-refractivity contribution in [1.29, 1.82) is 0 Å². The summed E-state index contributed by atoms with van der Waals surface area (Å²) in [5, 5.41) is 13.1. The van der Waals surface area contributed by atoms with Gasteiger partial charge in [0, 0.05) is 13.2 Å². The van der Waals surface area contributed by atoms with E-state index in [-0.39, 0.29) is 13.2 Å². The molecule has 2 atom stereocenters. The highest BCUT2D eigenvalue weighted by molar-refractivity contribution is 5.69. The summed E-state index contributed by atoms with van der Waals surface area (Å²) >= 11 is 0. The highest BCUT2D eigenvalue weighted by Crippen LogP contribution is 2.30. The average Bonchev–Trinajstić information content (AvgIpc) is 2.64. The molecule has 0 aliphatic carbocycles. The standard InChI is InChI=1S/C12H24N2O4/c1-10(2,3)18-9(15)14-12(5-6-17-8-12)11(4,16)7-13/h16H,5-8,13H2,1-4H3,(H,14,15). The van der Waals surface area contributed by atoms with Crippen LogP contribution < -0.4 is 11.1 Å². The van der Waals surface area contributed by atoms with Crippen molar-refractivity contribution >= 4 is 6.09 Å². The molecule has 0 aromatic carbocycles. The molecule has 0 saturated carbocycles. The summed E-state index contributed by atoms with van der Waals surface area (Å²) in [6.07, 6.45) is -0.0575. The summed E-state index contributed by atoms with van der Waals surface area (Å²) in [4.78, 5) is 11.8. The molecule has 1 aliphatic rings. The van der Waals surface area contributed by atoms with Gasteiger partial charge < -0.3 is 25.6 Å². The van der Waals surface area contributed by atoms with Crippen LogP contribution in [0.4, 0.5) is 4.79 Å². The van der Waals surface area contributed by atoms with Crippen LogP contribution in [0.15, 0.2) is 0 Å². The third-order valence-electron chi connectivity index (χ3n) is 3.19. The summed E-state index contributed by atoms with van der Waals surface area (Å²) in [6.45, 7) is 7.69. The van der Waals surface area contributed by atoms with Gasteiger partial charge in [-0.2, -0.15) is 0 Å². The number of aliphatic hydroxyl groups is 1. The van der Waals surface area contributed by atoms with E-state index < -0.39 is 22.8 Å². The van der Waals surface area contributed by atoms with Crippen molar-refractivity contribution in [1.82, 2.24) is 5.32 Å². The van der Waals surface area contributed by atoms with Gasteiger partial charge in [0.1, 0.15) is 5.60 Å². The maximum absolute atomic E-state index is 11.8. The molecule has 106 valence electrons. The van der Waals surface area contributed by atoms with E-state index >= 15 is 0 Å². The third kappa shape index (κ3) is 3.34. The van der Waals surface area contributed by atoms with Crippen LogP contribution in [-0.4, -0.2) is 47.7 Å². The van der Waals surface area contributed by atoms with Gasteiger partial charge in [0.05, 0.1) is 17.7 Å². The van der Waals surface area contributed by atoms with Crippen LogP contribution >= 0.6 is 0 Å². The predicted molar refractivity (Wildman–Crippen MR) is 67.2 cm³/mol. The summed E-state index contributed by atoms with van der Waals surface area (Å²) in [5.74, 6) is 0. The van der Waals surface area contributed by atoms with E-state index in [4.69, 9.17) is 15.2 Å². The number of ether oxygens (including phenoxy) is 2. The largest absolute Gasteiger partial charge is 0.444 e. The smallest absolute Gasteiger partial charge is 0.408 e. The molecule has 6 heteroatoms. The zero-order valence-electron chi connectivity index (χ0n) is 11.6. The molecule has 0 radical (unpaired) electrons. The summed E-state index contributed by atoms with van der Waals surface area (Å²) in [7, 11) is 0. The highest BCUT2D eigenvalue weighted by Gasteiger charge is 2.50. The molecule has 1 amide bonds. The first-order valence-electron chi connectivity index (χ1n) is 6.13. The quantitative estimate of drug-likeness (QED) is 0.682. The van der Waals surface area contributed by atoms with Crippen LogP contribution in [0, 0.1) is 0 Å². The number of nitrogens with one attached hydrogen (secondary N) is 1. The van der Waals surface area contributed by atoms with Crippen LogP contribution in [0.1, 0.15) is 34.1 Å². The van der Waals surface area contributed by atoms with Crippen LogP contribution in [0.2, 0.25) is 0 Å². The maximum atomic E-state index is 11.8. The van der Waals surface area contributed by atoms with Gasteiger partial charge in [-0.15, -0.1) is 0 Å². The predicted octanol–water partition coefficient (Wildman–Crippen LogP) is 0.380. The highest BCUT2D eigenvalue weighted by atomic mass is 16.6. The minimum Gasteiger partial charge on any atom is -0.444 e. The van der Waals surface area contributed by atoms with Crippen LogP contribution in [0.25, 0.3) is 0 Å². The Balaban J connectivity index is 2.79. The molecule has 0 bridgehead atoms. The molecule has 6 nitrogen and oxygen atoms in total. The lowest BCUT2D eigenvalue weighted by Gasteiger charge is -2.41. The van der Waals surface area contributed by atoms with Crippen molar-refractivity contribution in [3.05, 3.63) is 0 Å². The number of hydrogen-bond donors (Lipinski definition) is 3. The van der Waals surface area contributed by atoms with Crippen molar-refractivity contribution in [3.8, 4) is 0 Å². The lowest BCUT2D eigenvalue weighted by Crippen LogP contribution is -2.66. The number of nitrogens with two attached hydrogens (primary N) is 1. The second-order valence-electron chi connectivity index (χ2n) is 5.99. The maximum Gasteiger partial charge on any atom is 0.408 e. The first-order chi connectivity index (χ1) is 8.12. The topological polar surface area (TPSA) is 93.8 Å². The monoisotopic (exact) mass is 260 g/mol. The first kappa shape index (κ1) is 15.2. The number of carbonyl (C=O) groups is 1. The average molecular weight is 260 g/mol. The molecular weight excluding hydrogens is 236 g/mol. The summed E-state index contributed by atoms with van der Waals surface area (Å²) in [5.41, 5.74) is 2.87. The van der Waals surface area contributed by atoms with E-state index in [2.05, 4.69) is 5.32 Å². The SMILES string of the molecule is CC(C)(C)OC(=O)NC1(C(C)(O)CN)CCOC1. The molecule has 1 heterocycles. The Labute approximate surface area is 108 Å². The lowest BCUT2D eigenvalue weighted by atomic mass is 9.80. The van der Waals surface area contributed by atoms with Crippen molar-refractivity contribution in [2.24, 2.45) is 5.73 Å². The van der Waals surface area contributed by atoms with Crippen LogP contribution in [0.3, 0.4) is 0 Å². The second-order valence-corrected chi connectivity index (χ2v) is 5.99. The Bertz CT molecular complexity index is 304. The molecule has 0 aromatic rings. The molecule has 1 aliphatic heterocycles. The van der Waals surface area contributed by atoms with E-state index in [1.54, 1.807) is 27.7 Å². The number of hydrogen-bond acceptors (Lipinski definition) is 5. The molecule has 2 unspecified atom stereocenters. The van der Waals surface area contributed by atoms with E-state index in [9.17, 15) is 9.90 Å². The fourth-order valence-electron chi connectivity index (χ4n) is 1.92. The number of carbonyl (C=O) groups excluding carboxylic acids is 1. The minimum absolute atomic E-state index is 0.0339. The Kier molecular flexibility index (Phi) is 4.25. The molecule has 0 spiro atoms. The minimum atomic E-state index is -1.24. The normalized spacial score (nSPS) is 27.7. The Morgan fingerprint density at radius 1 is 1.50 bits per heavy atom. The molecular formula is C12H24N2O4. The molecule has 0 aromatic heterocycles. The van der Waals surface area contributed by atoms with E-state index in [0.29, 0.717) is 13.0 Å². The van der Waals surface area contributed by atoms with Gasteiger partial charge in [0.2, 0.25) is 0 Å². The first-order valence-corrected chi connectivity index (χ1v) is 6.13. The Morgan fingerprint density at radius 3 is 2.50 bits per heavy atom. The fourth-order valence-corrected chi connectivity index (χ4v) is 1.92. The lowest BCUT2D eigenvalue weighted by molar-refractivity contribution is -0.0396. The van der Waals surface area contributed by atoms with Crippen LogP contribution in [-0.2, 0) is 9.47 Å². The second kappa shape index (κ2) is 5.03. The van der Waals surface area contributed by atoms with Crippen molar-refractivity contribution < 1.29 is 19.4 Å². The Morgan fingerprint density at radius 2 is 2.11 bits per heavy atom. The number of alkyl carbamates (subject to hydrolysis) is 1. The van der Waals surface area contributed by atoms with Gasteiger partial charge in [0.25, 0.3) is 0 Å². The van der Waals surface area contributed by atoms with Gasteiger partial charge >= 0.3 is 6.09 Å². The number of rotatable bonds is 3. The number of amides is 1. The van der Waals surface area contributed by atoms with Gasteiger partial charge in [-0.25, -0.2) is 4.79 Å². The molecule has 1 rings (SSSR count). The summed E-state index contributed by atoms with van der Waals surface area (Å²) in [6, 6.07) is 0. The molecule has 1 fully saturated rings. The molecule has 18 heavy (non-hydrogen) atoms. The van der Waals surface area contributed by atoms with E-state index in [0.717, 1.165) is 0 Å². The molecule has 4 N–H and O–H groups in total. The zero-order valence-corrected chi connectivity index (χ0v) is 11.6. The van der Waals surface area contributed by atoms with E-state index in [1.807, 2.05) is 0 Å². The van der Waals surface area contributed by atoms with Gasteiger partial charge in [-0.3, -0.25) is 0 Å². The van der Waals surface area contributed by atoms with Crippen LogP contribution in [0.5, 0.6) is 0 Å². The van der Waals surface area contributed by atoms with Gasteiger partial charge in [-0.1, -0.05) is 0 Å². The van der Waals surface area contributed by atoms with Gasteiger partial charge in [0.15, 0.2) is 0 Å². The summed E-state index contributed by atoms with van der Waals surface area (Å²) < 4.78 is 10.5. The Hall–Kier alpha value is -0.850. The van der Waals surface area contributed by atoms with Crippen molar-refractivity contribution in [2.45, 2.75) is 50.9 Å². The van der Waals surface area contributed by atoms with Crippen molar-refractivity contribution in [3.63, 3.8) is 0 Å². The zero-order chi connectivity index (χ0) is 14.0. The third-order valence-corrected chi connectivity index (χ3v) is 3.19. The van der Waals surface area contributed by atoms with Crippen molar-refractivity contribution in [2.75, 3.05) is 19.8 Å². The molecule has 1 saturated heterocycles. The van der Waals surface area contributed by atoms with Gasteiger partial charge in [-0.05, 0) is 34.1 Å². The van der Waals surface area contributed by atoms with E-state index in [1.165, 1.54) is 0 Å².